The molecular formula is C23H23Cl2NO3. The van der Waals surface area contributed by atoms with Gasteiger partial charge in [-0.25, -0.2) is 4.79 Å². The van der Waals surface area contributed by atoms with E-state index in [1.54, 1.807) is 19.1 Å². The molecule has 152 valence electrons. The zero-order valence-corrected chi connectivity index (χ0v) is 17.7. The minimum atomic E-state index is -0.441. The standard InChI is InChI=1S/C23H23Cl2NO3/c1-3-5-22(27)26-21(10-11-23(28)29-4-2)12-16-6-8-17(9-7-16)18-13-19(24)15-20(25)14-18/h3,6-11,13-15,21H,1,4-5,12H2,2H3,(H,26,27)/b11-10+/t21-/m1/s1. The van der Waals surface area contributed by atoms with Crippen molar-refractivity contribution in [3.05, 3.63) is 82.9 Å². The summed E-state index contributed by atoms with van der Waals surface area (Å²) >= 11 is 12.2. The van der Waals surface area contributed by atoms with Crippen molar-refractivity contribution in [3.8, 4) is 11.1 Å². The first kappa shape index (κ1) is 22.7. The second-order valence-electron chi connectivity index (χ2n) is 6.34. The fraction of sp³-hybridized carbons (Fsp3) is 0.217. The number of carbonyl (C=O) groups excluding carboxylic acids is 2. The third-order valence-corrected chi connectivity index (χ3v) is 4.47. The number of halogens is 2. The van der Waals surface area contributed by atoms with Gasteiger partial charge in [-0.05, 0) is 48.2 Å². The summed E-state index contributed by atoms with van der Waals surface area (Å²) < 4.78 is 4.90. The summed E-state index contributed by atoms with van der Waals surface area (Å²) in [5, 5.41) is 4.03. The van der Waals surface area contributed by atoms with Crippen molar-refractivity contribution in [2.45, 2.75) is 25.8 Å². The molecule has 29 heavy (non-hydrogen) atoms. The van der Waals surface area contributed by atoms with Crippen molar-refractivity contribution in [3.63, 3.8) is 0 Å². The number of ether oxygens (including phenoxy) is 1. The molecule has 4 nitrogen and oxygen atoms in total. The largest absolute Gasteiger partial charge is 0.463 e. The Hall–Kier alpha value is -2.56. The molecule has 1 N–H and O–H groups in total. The van der Waals surface area contributed by atoms with Crippen LogP contribution in [0.3, 0.4) is 0 Å². The first-order valence-corrected chi connectivity index (χ1v) is 9.97. The lowest BCUT2D eigenvalue weighted by Crippen LogP contribution is -2.34. The van der Waals surface area contributed by atoms with Crippen LogP contribution in [0.2, 0.25) is 10.0 Å². The SMILES string of the molecule is C=CCC(=O)N[C@H](/C=C/C(=O)OCC)Cc1ccc(-c2cc(Cl)cc(Cl)c2)cc1. The van der Waals surface area contributed by atoms with Crippen molar-refractivity contribution in [1.29, 1.82) is 0 Å². The topological polar surface area (TPSA) is 55.4 Å². The molecule has 1 amide bonds. The molecule has 0 aliphatic rings. The van der Waals surface area contributed by atoms with E-state index in [4.69, 9.17) is 27.9 Å². The summed E-state index contributed by atoms with van der Waals surface area (Å²) in [6.45, 7) is 5.61. The van der Waals surface area contributed by atoms with Gasteiger partial charge in [-0.2, -0.15) is 0 Å². The van der Waals surface area contributed by atoms with E-state index in [1.165, 1.54) is 12.2 Å². The Balaban J connectivity index is 2.15. The Bertz CT molecular complexity index is 871. The van der Waals surface area contributed by atoms with E-state index in [-0.39, 0.29) is 18.4 Å². The van der Waals surface area contributed by atoms with Crippen LogP contribution in [0.4, 0.5) is 0 Å². The quantitative estimate of drug-likeness (QED) is 0.329. The van der Waals surface area contributed by atoms with Gasteiger partial charge in [0.2, 0.25) is 5.91 Å². The first-order chi connectivity index (χ1) is 13.9. The van der Waals surface area contributed by atoms with E-state index in [2.05, 4.69) is 11.9 Å². The van der Waals surface area contributed by atoms with Crippen LogP contribution in [0, 0.1) is 0 Å². The number of rotatable bonds is 9. The van der Waals surface area contributed by atoms with E-state index in [9.17, 15) is 9.59 Å². The molecule has 0 aliphatic heterocycles. The smallest absolute Gasteiger partial charge is 0.330 e. The number of hydrogen-bond acceptors (Lipinski definition) is 3. The van der Waals surface area contributed by atoms with Crippen LogP contribution in [0.25, 0.3) is 11.1 Å². The highest BCUT2D eigenvalue weighted by Gasteiger charge is 2.11. The van der Waals surface area contributed by atoms with Gasteiger partial charge >= 0.3 is 5.97 Å². The summed E-state index contributed by atoms with van der Waals surface area (Å²) in [6.07, 6.45) is 5.24. The minimum absolute atomic E-state index is 0.163. The molecular weight excluding hydrogens is 409 g/mol. The molecule has 0 radical (unpaired) electrons. The highest BCUT2D eigenvalue weighted by atomic mass is 35.5. The number of esters is 1. The molecule has 6 heteroatoms. The highest BCUT2D eigenvalue weighted by molar-refractivity contribution is 6.35. The lowest BCUT2D eigenvalue weighted by molar-refractivity contribution is -0.137. The van der Waals surface area contributed by atoms with Gasteiger partial charge in [-0.1, -0.05) is 59.6 Å². The Kier molecular flexibility index (Phi) is 8.97. The summed E-state index contributed by atoms with van der Waals surface area (Å²) in [4.78, 5) is 23.6. The van der Waals surface area contributed by atoms with E-state index >= 15 is 0 Å². The van der Waals surface area contributed by atoms with Crippen molar-refractivity contribution in [1.82, 2.24) is 5.32 Å². The predicted molar refractivity (Wildman–Crippen MR) is 118 cm³/mol. The van der Waals surface area contributed by atoms with Crippen molar-refractivity contribution >= 4 is 35.1 Å². The Morgan fingerprint density at radius 3 is 2.34 bits per heavy atom. The van der Waals surface area contributed by atoms with Crippen LogP contribution in [0.1, 0.15) is 18.9 Å². The van der Waals surface area contributed by atoms with E-state index in [0.29, 0.717) is 23.1 Å². The van der Waals surface area contributed by atoms with Gasteiger partial charge in [0.1, 0.15) is 0 Å². The number of hydrogen-bond donors (Lipinski definition) is 1. The second kappa shape index (κ2) is 11.4. The lowest BCUT2D eigenvalue weighted by atomic mass is 10.00. The molecule has 1 atom stereocenters. The fourth-order valence-corrected chi connectivity index (χ4v) is 3.28. The van der Waals surface area contributed by atoms with Crippen LogP contribution < -0.4 is 5.32 Å². The first-order valence-electron chi connectivity index (χ1n) is 9.22. The van der Waals surface area contributed by atoms with Crippen LogP contribution in [0.5, 0.6) is 0 Å². The maximum Gasteiger partial charge on any atom is 0.330 e. The second-order valence-corrected chi connectivity index (χ2v) is 7.21. The normalized spacial score (nSPS) is 11.8. The molecule has 0 aromatic heterocycles. The number of carbonyl (C=O) groups is 2. The molecule has 0 saturated carbocycles. The number of nitrogens with one attached hydrogen (secondary N) is 1. The zero-order chi connectivity index (χ0) is 21.2. The van der Waals surface area contributed by atoms with Gasteiger partial charge in [0.15, 0.2) is 0 Å². The average molecular weight is 432 g/mol. The van der Waals surface area contributed by atoms with Gasteiger partial charge in [-0.15, -0.1) is 6.58 Å². The van der Waals surface area contributed by atoms with E-state index in [0.717, 1.165) is 16.7 Å². The van der Waals surface area contributed by atoms with Crippen LogP contribution in [-0.2, 0) is 20.7 Å². The maximum absolute atomic E-state index is 12.0. The Morgan fingerprint density at radius 2 is 1.76 bits per heavy atom. The molecule has 2 aromatic carbocycles. The van der Waals surface area contributed by atoms with Gasteiger partial charge in [0.25, 0.3) is 0 Å². The monoisotopic (exact) mass is 431 g/mol. The highest BCUT2D eigenvalue weighted by Crippen LogP contribution is 2.27. The summed E-state index contributed by atoms with van der Waals surface area (Å²) in [7, 11) is 0. The van der Waals surface area contributed by atoms with Gasteiger partial charge in [0, 0.05) is 22.5 Å². The fourth-order valence-electron chi connectivity index (χ4n) is 2.76. The van der Waals surface area contributed by atoms with Crippen molar-refractivity contribution < 1.29 is 14.3 Å². The summed E-state index contributed by atoms with van der Waals surface area (Å²) in [6, 6.07) is 12.9. The number of amides is 1. The van der Waals surface area contributed by atoms with Gasteiger partial charge in [0.05, 0.1) is 12.6 Å². The summed E-state index contributed by atoms with van der Waals surface area (Å²) in [5.74, 6) is -0.604. The molecule has 0 bridgehead atoms. The molecule has 0 unspecified atom stereocenters. The van der Waals surface area contributed by atoms with E-state index < -0.39 is 5.97 Å². The molecule has 2 rings (SSSR count). The molecule has 0 fully saturated rings. The zero-order valence-electron chi connectivity index (χ0n) is 16.2. The molecule has 0 heterocycles. The Morgan fingerprint density at radius 1 is 1.10 bits per heavy atom. The average Bonchev–Trinajstić information content (AvgIpc) is 2.66. The summed E-state index contributed by atoms with van der Waals surface area (Å²) in [5.41, 5.74) is 2.90. The lowest BCUT2D eigenvalue weighted by Gasteiger charge is -2.15. The Labute approximate surface area is 181 Å². The van der Waals surface area contributed by atoms with Gasteiger partial charge < -0.3 is 10.1 Å². The molecule has 0 aliphatic carbocycles. The number of benzene rings is 2. The van der Waals surface area contributed by atoms with Crippen molar-refractivity contribution in [2.24, 2.45) is 0 Å². The van der Waals surface area contributed by atoms with Crippen LogP contribution >= 0.6 is 23.2 Å². The minimum Gasteiger partial charge on any atom is -0.463 e. The maximum atomic E-state index is 12.0. The van der Waals surface area contributed by atoms with Crippen LogP contribution in [0.15, 0.2) is 67.3 Å². The molecule has 2 aromatic rings. The van der Waals surface area contributed by atoms with E-state index in [1.807, 2.05) is 36.4 Å². The predicted octanol–water partition coefficient (Wildman–Crippen LogP) is 5.38. The third-order valence-electron chi connectivity index (χ3n) is 4.03. The molecule has 0 spiro atoms. The van der Waals surface area contributed by atoms with Gasteiger partial charge in [-0.3, -0.25) is 4.79 Å². The van der Waals surface area contributed by atoms with Crippen LogP contribution in [-0.4, -0.2) is 24.5 Å². The molecule has 0 saturated heterocycles. The van der Waals surface area contributed by atoms with Crippen molar-refractivity contribution in [2.75, 3.05) is 6.61 Å². The third kappa shape index (κ3) is 7.76.